The number of sulfonamides is 1. The standard InChI is InChI=1S/C16H22N2O5S/c1-10-4-5-14(17-24(3,22)23)13(7-10)15(19)18-8-11(2)6-12(9-18)16(20)21/h4-5,7,11-12,17H,6,8-9H2,1-3H3,(H,20,21). The molecule has 1 heterocycles. The highest BCUT2D eigenvalue weighted by atomic mass is 32.2. The van der Waals surface area contributed by atoms with E-state index < -0.39 is 21.9 Å². The Morgan fingerprint density at radius 2 is 1.96 bits per heavy atom. The van der Waals surface area contributed by atoms with Gasteiger partial charge in [0, 0.05) is 13.1 Å². The normalized spacial score (nSPS) is 21.4. The number of aryl methyl sites for hydroxylation is 1. The lowest BCUT2D eigenvalue weighted by Gasteiger charge is -2.35. The van der Waals surface area contributed by atoms with Crippen LogP contribution >= 0.6 is 0 Å². The van der Waals surface area contributed by atoms with Crippen LogP contribution in [0, 0.1) is 18.8 Å². The first-order valence-corrected chi connectivity index (χ1v) is 9.56. The second-order valence-corrected chi connectivity index (χ2v) is 8.26. The third-order valence-corrected chi connectivity index (χ3v) is 4.59. The summed E-state index contributed by atoms with van der Waals surface area (Å²) in [6.07, 6.45) is 1.55. The summed E-state index contributed by atoms with van der Waals surface area (Å²) in [5.74, 6) is -1.81. The Morgan fingerprint density at radius 1 is 1.29 bits per heavy atom. The average Bonchev–Trinajstić information content (AvgIpc) is 2.46. The predicted molar refractivity (Wildman–Crippen MR) is 90.5 cm³/mol. The molecule has 0 aromatic heterocycles. The maximum absolute atomic E-state index is 12.9. The number of nitrogens with zero attached hydrogens (tertiary/aromatic N) is 1. The zero-order chi connectivity index (χ0) is 18.1. The van der Waals surface area contributed by atoms with Crippen molar-refractivity contribution in [3.63, 3.8) is 0 Å². The Morgan fingerprint density at radius 3 is 2.54 bits per heavy atom. The molecule has 0 aliphatic carbocycles. The fraction of sp³-hybridized carbons (Fsp3) is 0.500. The van der Waals surface area contributed by atoms with Gasteiger partial charge in [0.15, 0.2) is 0 Å². The molecule has 2 N–H and O–H groups in total. The van der Waals surface area contributed by atoms with E-state index in [0.29, 0.717) is 13.0 Å². The molecule has 0 bridgehead atoms. The van der Waals surface area contributed by atoms with Crippen molar-refractivity contribution in [1.29, 1.82) is 0 Å². The number of carbonyl (C=O) groups excluding carboxylic acids is 1. The molecular weight excluding hydrogens is 332 g/mol. The number of benzene rings is 1. The number of carbonyl (C=O) groups is 2. The maximum atomic E-state index is 12.9. The van der Waals surface area contributed by atoms with Gasteiger partial charge in [0.25, 0.3) is 5.91 Å². The largest absolute Gasteiger partial charge is 0.481 e. The molecule has 2 unspecified atom stereocenters. The number of anilines is 1. The van der Waals surface area contributed by atoms with E-state index in [2.05, 4.69) is 4.72 Å². The first-order chi connectivity index (χ1) is 11.1. The summed E-state index contributed by atoms with van der Waals surface area (Å²) in [7, 11) is -3.53. The van der Waals surface area contributed by atoms with Crippen LogP contribution in [0.5, 0.6) is 0 Å². The monoisotopic (exact) mass is 354 g/mol. The number of aliphatic carboxylic acids is 1. The van der Waals surface area contributed by atoms with Gasteiger partial charge in [-0.05, 0) is 31.4 Å². The first-order valence-electron chi connectivity index (χ1n) is 7.67. The van der Waals surface area contributed by atoms with Crippen LogP contribution in [0.4, 0.5) is 5.69 Å². The molecule has 2 rings (SSSR count). The third kappa shape index (κ3) is 4.47. The summed E-state index contributed by atoms with van der Waals surface area (Å²) in [5, 5.41) is 9.25. The van der Waals surface area contributed by atoms with Gasteiger partial charge in [-0.2, -0.15) is 0 Å². The van der Waals surface area contributed by atoms with Crippen LogP contribution in [0.1, 0.15) is 29.3 Å². The maximum Gasteiger partial charge on any atom is 0.308 e. The highest BCUT2D eigenvalue weighted by Gasteiger charge is 2.33. The van der Waals surface area contributed by atoms with Crippen LogP contribution in [-0.4, -0.2) is 49.6 Å². The van der Waals surface area contributed by atoms with Crippen molar-refractivity contribution >= 4 is 27.6 Å². The van der Waals surface area contributed by atoms with Crippen LogP contribution in [0.25, 0.3) is 0 Å². The van der Waals surface area contributed by atoms with Gasteiger partial charge in [-0.3, -0.25) is 14.3 Å². The molecular formula is C16H22N2O5S. The number of hydrogen-bond acceptors (Lipinski definition) is 4. The molecule has 7 nitrogen and oxygen atoms in total. The first kappa shape index (κ1) is 18.3. The van der Waals surface area contributed by atoms with Crippen molar-refractivity contribution in [3.8, 4) is 0 Å². The van der Waals surface area contributed by atoms with E-state index in [-0.39, 0.29) is 29.6 Å². The van der Waals surface area contributed by atoms with Gasteiger partial charge in [-0.25, -0.2) is 8.42 Å². The van der Waals surface area contributed by atoms with Crippen LogP contribution in [0.15, 0.2) is 18.2 Å². The summed E-state index contributed by atoms with van der Waals surface area (Å²) >= 11 is 0. The van der Waals surface area contributed by atoms with Crippen LogP contribution < -0.4 is 4.72 Å². The summed E-state index contributed by atoms with van der Waals surface area (Å²) in [6, 6.07) is 4.87. The Hall–Kier alpha value is -2.09. The average molecular weight is 354 g/mol. The highest BCUT2D eigenvalue weighted by molar-refractivity contribution is 7.92. The Bertz CT molecular complexity index is 760. The van der Waals surface area contributed by atoms with E-state index in [1.165, 1.54) is 4.90 Å². The zero-order valence-electron chi connectivity index (χ0n) is 13.9. The van der Waals surface area contributed by atoms with Crippen molar-refractivity contribution in [2.75, 3.05) is 24.1 Å². The van der Waals surface area contributed by atoms with Crippen LogP contribution in [-0.2, 0) is 14.8 Å². The minimum Gasteiger partial charge on any atom is -0.481 e. The Balaban J connectivity index is 2.34. The topological polar surface area (TPSA) is 104 Å². The number of carboxylic acid groups (broad SMARTS) is 1. The zero-order valence-corrected chi connectivity index (χ0v) is 14.8. The van der Waals surface area contributed by atoms with Gasteiger partial charge in [0.2, 0.25) is 10.0 Å². The third-order valence-electron chi connectivity index (χ3n) is 4.00. The Labute approximate surface area is 141 Å². The number of amides is 1. The fourth-order valence-corrected chi connectivity index (χ4v) is 3.57. The van der Waals surface area contributed by atoms with Crippen molar-refractivity contribution in [2.24, 2.45) is 11.8 Å². The van der Waals surface area contributed by atoms with Gasteiger partial charge < -0.3 is 10.0 Å². The van der Waals surface area contributed by atoms with E-state index in [1.54, 1.807) is 25.1 Å². The summed E-state index contributed by atoms with van der Waals surface area (Å²) in [5.41, 5.74) is 1.26. The quantitative estimate of drug-likeness (QED) is 0.854. The van der Waals surface area contributed by atoms with Crippen LogP contribution in [0.3, 0.4) is 0 Å². The molecule has 8 heteroatoms. The van der Waals surface area contributed by atoms with E-state index in [9.17, 15) is 23.1 Å². The summed E-state index contributed by atoms with van der Waals surface area (Å²) in [4.78, 5) is 25.6. The molecule has 1 fully saturated rings. The van der Waals surface area contributed by atoms with Crippen molar-refractivity contribution < 1.29 is 23.1 Å². The van der Waals surface area contributed by atoms with Gasteiger partial charge in [-0.1, -0.05) is 18.6 Å². The number of rotatable bonds is 4. The van der Waals surface area contributed by atoms with Gasteiger partial charge >= 0.3 is 5.97 Å². The molecule has 0 radical (unpaired) electrons. The lowest BCUT2D eigenvalue weighted by Crippen LogP contribution is -2.45. The van der Waals surface area contributed by atoms with E-state index >= 15 is 0 Å². The number of hydrogen-bond donors (Lipinski definition) is 2. The smallest absolute Gasteiger partial charge is 0.308 e. The molecule has 1 aromatic rings. The van der Waals surface area contributed by atoms with Gasteiger partial charge in [-0.15, -0.1) is 0 Å². The molecule has 1 amide bonds. The van der Waals surface area contributed by atoms with Gasteiger partial charge in [0.05, 0.1) is 23.4 Å². The molecule has 24 heavy (non-hydrogen) atoms. The molecule has 0 spiro atoms. The summed E-state index contributed by atoms with van der Waals surface area (Å²) in [6.45, 7) is 4.29. The molecule has 132 valence electrons. The fourth-order valence-electron chi connectivity index (χ4n) is 2.99. The molecule has 1 aliphatic heterocycles. The van der Waals surface area contributed by atoms with Crippen LogP contribution in [0.2, 0.25) is 0 Å². The number of piperidine rings is 1. The van der Waals surface area contributed by atoms with E-state index in [1.807, 2.05) is 6.92 Å². The molecule has 1 aliphatic rings. The van der Waals surface area contributed by atoms with Crippen molar-refractivity contribution in [3.05, 3.63) is 29.3 Å². The lowest BCUT2D eigenvalue weighted by molar-refractivity contribution is -0.143. The minimum atomic E-state index is -3.53. The predicted octanol–water partition coefficient (Wildman–Crippen LogP) is 1.55. The minimum absolute atomic E-state index is 0.0694. The van der Waals surface area contributed by atoms with Crippen molar-refractivity contribution in [1.82, 2.24) is 4.90 Å². The molecule has 0 saturated carbocycles. The number of likely N-dealkylation sites (tertiary alicyclic amines) is 1. The summed E-state index contributed by atoms with van der Waals surface area (Å²) < 4.78 is 25.4. The lowest BCUT2D eigenvalue weighted by atomic mass is 9.90. The number of carboxylic acids is 1. The molecule has 1 aromatic carbocycles. The van der Waals surface area contributed by atoms with E-state index in [0.717, 1.165) is 11.8 Å². The second-order valence-electron chi connectivity index (χ2n) is 6.51. The highest BCUT2D eigenvalue weighted by Crippen LogP contribution is 2.26. The second kappa shape index (κ2) is 6.80. The van der Waals surface area contributed by atoms with Crippen molar-refractivity contribution in [2.45, 2.75) is 20.3 Å². The molecule has 2 atom stereocenters. The SMILES string of the molecule is Cc1ccc(NS(C)(=O)=O)c(C(=O)N2CC(C)CC(C(=O)O)C2)c1. The number of nitrogens with one attached hydrogen (secondary N) is 1. The Kier molecular flexibility index (Phi) is 5.17. The van der Waals surface area contributed by atoms with Gasteiger partial charge in [0.1, 0.15) is 0 Å². The van der Waals surface area contributed by atoms with E-state index in [4.69, 9.17) is 0 Å². The molecule has 1 saturated heterocycles.